The lowest BCUT2D eigenvalue weighted by molar-refractivity contribution is -0.121. The average Bonchev–Trinajstić information content (AvgIpc) is 3.29. The Morgan fingerprint density at radius 1 is 1.16 bits per heavy atom. The Morgan fingerprint density at radius 3 is 2.62 bits per heavy atom. The normalized spacial score (nSPS) is 15.6. The SMILES string of the molecule is COc1ccc(C(CNC(=O)CCc2c(C)nc3ncnn3c2C)N2CCCCC2)cc1. The Morgan fingerprint density at radius 2 is 1.91 bits per heavy atom. The van der Waals surface area contributed by atoms with Crippen LogP contribution in [0, 0.1) is 13.8 Å². The topological polar surface area (TPSA) is 84.6 Å². The lowest BCUT2D eigenvalue weighted by Gasteiger charge is -2.35. The highest BCUT2D eigenvalue weighted by molar-refractivity contribution is 5.76. The molecular weight excluding hydrogens is 404 g/mol. The molecule has 1 aromatic carbocycles. The van der Waals surface area contributed by atoms with Gasteiger partial charge in [0.05, 0.1) is 13.2 Å². The number of aromatic nitrogens is 4. The van der Waals surface area contributed by atoms with E-state index < -0.39 is 0 Å². The summed E-state index contributed by atoms with van der Waals surface area (Å²) < 4.78 is 7.04. The summed E-state index contributed by atoms with van der Waals surface area (Å²) in [5.41, 5.74) is 4.16. The molecule has 1 fully saturated rings. The first-order chi connectivity index (χ1) is 15.6. The molecule has 8 heteroatoms. The van der Waals surface area contributed by atoms with Gasteiger partial charge in [-0.3, -0.25) is 9.69 Å². The highest BCUT2D eigenvalue weighted by Gasteiger charge is 2.23. The number of ether oxygens (including phenoxy) is 1. The Hall–Kier alpha value is -3.00. The molecule has 8 nitrogen and oxygen atoms in total. The predicted octanol–water partition coefficient (Wildman–Crippen LogP) is 3.03. The maximum Gasteiger partial charge on any atom is 0.252 e. The van der Waals surface area contributed by atoms with Crippen molar-refractivity contribution in [1.82, 2.24) is 29.8 Å². The van der Waals surface area contributed by atoms with Crippen LogP contribution < -0.4 is 10.1 Å². The van der Waals surface area contributed by atoms with E-state index in [-0.39, 0.29) is 11.9 Å². The number of hydrogen-bond acceptors (Lipinski definition) is 6. The number of aryl methyl sites for hydroxylation is 2. The number of benzene rings is 1. The quantitative estimate of drug-likeness (QED) is 0.584. The number of piperidine rings is 1. The monoisotopic (exact) mass is 436 g/mol. The minimum atomic E-state index is 0.0537. The van der Waals surface area contributed by atoms with Crippen molar-refractivity contribution in [1.29, 1.82) is 0 Å². The molecule has 1 unspecified atom stereocenters. The number of rotatable bonds is 8. The van der Waals surface area contributed by atoms with E-state index in [0.717, 1.165) is 35.8 Å². The van der Waals surface area contributed by atoms with Crippen molar-refractivity contribution in [3.8, 4) is 5.75 Å². The number of nitrogens with one attached hydrogen (secondary N) is 1. The molecule has 0 saturated carbocycles. The van der Waals surface area contributed by atoms with Crippen molar-refractivity contribution < 1.29 is 9.53 Å². The van der Waals surface area contributed by atoms with Crippen LogP contribution in [0.5, 0.6) is 5.75 Å². The minimum absolute atomic E-state index is 0.0537. The third-order valence-corrected chi connectivity index (χ3v) is 6.42. The van der Waals surface area contributed by atoms with Gasteiger partial charge in [-0.1, -0.05) is 18.6 Å². The van der Waals surface area contributed by atoms with Crippen LogP contribution in [0.25, 0.3) is 5.78 Å². The number of methoxy groups -OCH3 is 1. The fraction of sp³-hybridized carbons (Fsp3) is 0.500. The molecule has 1 aliphatic heterocycles. The summed E-state index contributed by atoms with van der Waals surface area (Å²) in [7, 11) is 1.68. The molecule has 1 amide bonds. The standard InChI is InChI=1S/C24H32N6O2/c1-17-21(18(2)30-24(28-17)26-16-27-30)11-12-23(31)25-15-22(29-13-5-4-6-14-29)19-7-9-20(32-3)10-8-19/h7-10,16,22H,4-6,11-15H2,1-3H3,(H,25,31). The lowest BCUT2D eigenvalue weighted by Crippen LogP contribution is -2.40. The van der Waals surface area contributed by atoms with E-state index in [1.165, 1.54) is 31.2 Å². The number of carbonyl (C=O) groups excluding carboxylic acids is 1. The van der Waals surface area contributed by atoms with E-state index in [0.29, 0.717) is 25.2 Å². The largest absolute Gasteiger partial charge is 0.497 e. The summed E-state index contributed by atoms with van der Waals surface area (Å²) in [6.07, 6.45) is 6.24. The average molecular weight is 437 g/mol. The third-order valence-electron chi connectivity index (χ3n) is 6.42. The molecule has 1 N–H and O–H groups in total. The second-order valence-electron chi connectivity index (χ2n) is 8.42. The van der Waals surface area contributed by atoms with E-state index >= 15 is 0 Å². The van der Waals surface area contributed by atoms with Gasteiger partial charge in [-0.05, 0) is 69.5 Å². The first-order valence-electron chi connectivity index (χ1n) is 11.4. The number of fused-ring (bicyclic) bond motifs is 1. The van der Waals surface area contributed by atoms with E-state index in [4.69, 9.17) is 4.74 Å². The Labute approximate surface area is 189 Å². The highest BCUT2D eigenvalue weighted by atomic mass is 16.5. The molecule has 1 atom stereocenters. The van der Waals surface area contributed by atoms with Crippen LogP contribution in [0.3, 0.4) is 0 Å². The first kappa shape index (κ1) is 22.2. The van der Waals surface area contributed by atoms with Crippen LogP contribution >= 0.6 is 0 Å². The van der Waals surface area contributed by atoms with Gasteiger partial charge in [-0.2, -0.15) is 10.1 Å². The molecule has 3 aromatic rings. The van der Waals surface area contributed by atoms with Gasteiger partial charge >= 0.3 is 0 Å². The minimum Gasteiger partial charge on any atom is -0.497 e. The van der Waals surface area contributed by atoms with E-state index in [1.807, 2.05) is 26.0 Å². The Bertz CT molecular complexity index is 1060. The molecule has 0 aliphatic carbocycles. The smallest absolute Gasteiger partial charge is 0.252 e. The fourth-order valence-electron chi connectivity index (χ4n) is 4.57. The second-order valence-corrected chi connectivity index (χ2v) is 8.42. The third kappa shape index (κ3) is 4.91. The maximum atomic E-state index is 12.8. The fourth-order valence-corrected chi connectivity index (χ4v) is 4.57. The van der Waals surface area contributed by atoms with Crippen LogP contribution in [-0.4, -0.2) is 57.1 Å². The van der Waals surface area contributed by atoms with Crippen molar-refractivity contribution >= 4 is 11.7 Å². The Kier molecular flexibility index (Phi) is 6.99. The molecule has 2 aromatic heterocycles. The van der Waals surface area contributed by atoms with Gasteiger partial charge in [-0.15, -0.1) is 0 Å². The molecule has 170 valence electrons. The molecule has 0 bridgehead atoms. The number of carbonyl (C=O) groups is 1. The van der Waals surface area contributed by atoms with Gasteiger partial charge in [0, 0.05) is 24.4 Å². The number of amides is 1. The van der Waals surface area contributed by atoms with Crippen LogP contribution in [-0.2, 0) is 11.2 Å². The molecule has 0 spiro atoms. The van der Waals surface area contributed by atoms with Gasteiger partial charge < -0.3 is 10.1 Å². The zero-order valence-corrected chi connectivity index (χ0v) is 19.2. The number of likely N-dealkylation sites (tertiary alicyclic amines) is 1. The Balaban J connectivity index is 1.40. The maximum absolute atomic E-state index is 12.8. The summed E-state index contributed by atoms with van der Waals surface area (Å²) in [5.74, 6) is 1.49. The van der Waals surface area contributed by atoms with Crippen LogP contribution in [0.4, 0.5) is 0 Å². The van der Waals surface area contributed by atoms with E-state index in [9.17, 15) is 4.79 Å². The van der Waals surface area contributed by atoms with Gasteiger partial charge in [0.25, 0.3) is 5.78 Å². The number of hydrogen-bond donors (Lipinski definition) is 1. The molecule has 1 saturated heterocycles. The van der Waals surface area contributed by atoms with Gasteiger partial charge in [0.15, 0.2) is 0 Å². The molecular formula is C24H32N6O2. The zero-order valence-electron chi connectivity index (χ0n) is 19.2. The summed E-state index contributed by atoms with van der Waals surface area (Å²) >= 11 is 0. The molecule has 32 heavy (non-hydrogen) atoms. The molecule has 1 aliphatic rings. The van der Waals surface area contributed by atoms with Gasteiger partial charge in [0.2, 0.25) is 5.91 Å². The summed E-state index contributed by atoms with van der Waals surface area (Å²) in [6, 6.07) is 8.37. The van der Waals surface area contributed by atoms with Crippen LogP contribution in [0.2, 0.25) is 0 Å². The lowest BCUT2D eigenvalue weighted by atomic mass is 10.0. The molecule has 0 radical (unpaired) electrons. The molecule has 4 rings (SSSR count). The van der Waals surface area contributed by atoms with E-state index in [2.05, 4.69) is 37.4 Å². The summed E-state index contributed by atoms with van der Waals surface area (Å²) in [6.45, 7) is 6.69. The first-order valence-corrected chi connectivity index (χ1v) is 11.4. The van der Waals surface area contributed by atoms with Crippen molar-refractivity contribution in [2.45, 2.75) is 52.0 Å². The van der Waals surface area contributed by atoms with Crippen LogP contribution in [0.15, 0.2) is 30.6 Å². The highest BCUT2D eigenvalue weighted by Crippen LogP contribution is 2.26. The van der Waals surface area contributed by atoms with Crippen molar-refractivity contribution in [2.24, 2.45) is 0 Å². The van der Waals surface area contributed by atoms with Crippen molar-refractivity contribution in [2.75, 3.05) is 26.7 Å². The second kappa shape index (κ2) is 10.1. The van der Waals surface area contributed by atoms with E-state index in [1.54, 1.807) is 11.6 Å². The number of nitrogens with zero attached hydrogens (tertiary/aromatic N) is 5. The summed E-state index contributed by atoms with van der Waals surface area (Å²) in [4.78, 5) is 23.9. The van der Waals surface area contributed by atoms with Crippen molar-refractivity contribution in [3.05, 3.63) is 53.1 Å². The predicted molar refractivity (Wildman–Crippen MR) is 123 cm³/mol. The van der Waals surface area contributed by atoms with Gasteiger partial charge in [-0.25, -0.2) is 9.50 Å². The molecule has 3 heterocycles. The van der Waals surface area contributed by atoms with Crippen LogP contribution in [0.1, 0.15) is 54.2 Å². The zero-order chi connectivity index (χ0) is 22.5. The van der Waals surface area contributed by atoms with Gasteiger partial charge in [0.1, 0.15) is 12.1 Å². The van der Waals surface area contributed by atoms with Crippen molar-refractivity contribution in [3.63, 3.8) is 0 Å². The summed E-state index contributed by atoms with van der Waals surface area (Å²) in [5, 5.41) is 7.41.